The van der Waals surface area contributed by atoms with Crippen LogP contribution in [0.2, 0.25) is 5.02 Å². The van der Waals surface area contributed by atoms with Gasteiger partial charge in [0, 0.05) is 19.0 Å². The van der Waals surface area contributed by atoms with Gasteiger partial charge in [-0.05, 0) is 44.4 Å². The second-order valence-electron chi connectivity index (χ2n) is 6.14. The molecule has 22 heavy (non-hydrogen) atoms. The number of nitrogens with zero attached hydrogens (tertiary/aromatic N) is 1. The fourth-order valence-electron chi connectivity index (χ4n) is 2.81. The van der Waals surface area contributed by atoms with E-state index < -0.39 is 0 Å². The van der Waals surface area contributed by atoms with Crippen LogP contribution in [0.15, 0.2) is 12.1 Å². The van der Waals surface area contributed by atoms with Crippen LogP contribution in [0.3, 0.4) is 0 Å². The van der Waals surface area contributed by atoms with Gasteiger partial charge in [-0.2, -0.15) is 0 Å². The molecule has 4 nitrogen and oxygen atoms in total. The van der Waals surface area contributed by atoms with Crippen LogP contribution in [-0.4, -0.2) is 24.4 Å². The van der Waals surface area contributed by atoms with Crippen molar-refractivity contribution in [3.05, 3.63) is 28.3 Å². The normalized spacial score (nSPS) is 19.4. The molecule has 2 amide bonds. The van der Waals surface area contributed by atoms with Crippen molar-refractivity contribution >= 4 is 29.1 Å². The van der Waals surface area contributed by atoms with Gasteiger partial charge in [0.1, 0.15) is 0 Å². The first kappa shape index (κ1) is 16.8. The quantitative estimate of drug-likeness (QED) is 0.925. The van der Waals surface area contributed by atoms with Gasteiger partial charge in [0.15, 0.2) is 0 Å². The Hall–Kier alpha value is -1.55. The lowest BCUT2D eigenvalue weighted by atomic mass is 10.1. The molecule has 0 aliphatic carbocycles. The lowest BCUT2D eigenvalue weighted by Gasteiger charge is -2.21. The minimum atomic E-state index is -0.307. The first-order valence-electron chi connectivity index (χ1n) is 7.71. The number of hydrogen-bond donors (Lipinski definition) is 1. The Balaban J connectivity index is 2.18. The van der Waals surface area contributed by atoms with E-state index in [9.17, 15) is 9.59 Å². The number of halogens is 1. The third kappa shape index (κ3) is 3.43. The van der Waals surface area contributed by atoms with E-state index in [1.807, 2.05) is 39.8 Å². The summed E-state index contributed by atoms with van der Waals surface area (Å²) in [7, 11) is 0. The summed E-state index contributed by atoms with van der Waals surface area (Å²) < 4.78 is 0. The highest BCUT2D eigenvalue weighted by Crippen LogP contribution is 2.35. The Morgan fingerprint density at radius 1 is 1.45 bits per heavy atom. The van der Waals surface area contributed by atoms with E-state index in [1.54, 1.807) is 4.90 Å². The molecule has 1 fully saturated rings. The molecule has 1 N–H and O–H groups in total. The Bertz CT molecular complexity index is 577. The van der Waals surface area contributed by atoms with E-state index >= 15 is 0 Å². The zero-order valence-corrected chi connectivity index (χ0v) is 14.3. The third-order valence-corrected chi connectivity index (χ3v) is 4.45. The van der Waals surface area contributed by atoms with Gasteiger partial charge >= 0.3 is 0 Å². The molecule has 1 aromatic carbocycles. The number of amides is 2. The number of rotatable bonds is 4. The molecule has 120 valence electrons. The summed E-state index contributed by atoms with van der Waals surface area (Å²) in [6.45, 7) is 8.29. The van der Waals surface area contributed by atoms with Gasteiger partial charge in [0.2, 0.25) is 11.8 Å². The van der Waals surface area contributed by atoms with Gasteiger partial charge in [-0.1, -0.05) is 24.6 Å². The van der Waals surface area contributed by atoms with E-state index in [4.69, 9.17) is 11.6 Å². The van der Waals surface area contributed by atoms with E-state index in [2.05, 4.69) is 5.32 Å². The maximum absolute atomic E-state index is 12.3. The van der Waals surface area contributed by atoms with Crippen molar-refractivity contribution < 1.29 is 9.59 Å². The zero-order valence-electron chi connectivity index (χ0n) is 13.6. The Labute approximate surface area is 136 Å². The molecule has 0 spiro atoms. The van der Waals surface area contributed by atoms with E-state index in [0.29, 0.717) is 11.6 Å². The first-order valence-corrected chi connectivity index (χ1v) is 8.08. The molecular formula is C17H23ClN2O2. The molecule has 1 aromatic rings. The standard InChI is InChI=1S/C17H23ClN2O2/c1-5-12(4)19-17(22)13-8-15(21)20(9-13)16-11(3)6-10(2)7-14(16)18/h6-7,12-13H,5,8-9H2,1-4H3,(H,19,22). The third-order valence-electron chi connectivity index (χ3n) is 4.17. The van der Waals surface area contributed by atoms with Crippen molar-refractivity contribution in [2.45, 2.75) is 46.6 Å². The van der Waals surface area contributed by atoms with E-state index in [0.717, 1.165) is 23.2 Å². The Morgan fingerprint density at radius 3 is 2.73 bits per heavy atom. The number of hydrogen-bond acceptors (Lipinski definition) is 2. The maximum Gasteiger partial charge on any atom is 0.227 e. The molecule has 1 saturated heterocycles. The molecular weight excluding hydrogens is 300 g/mol. The van der Waals surface area contributed by atoms with E-state index in [-0.39, 0.29) is 30.2 Å². The summed E-state index contributed by atoms with van der Waals surface area (Å²) in [6, 6.07) is 3.98. The van der Waals surface area contributed by atoms with Crippen LogP contribution in [0.5, 0.6) is 0 Å². The van der Waals surface area contributed by atoms with Gasteiger partial charge in [0.05, 0.1) is 16.6 Å². The summed E-state index contributed by atoms with van der Waals surface area (Å²) in [6.07, 6.45) is 1.12. The molecule has 0 aromatic heterocycles. The summed E-state index contributed by atoms with van der Waals surface area (Å²) >= 11 is 6.32. The van der Waals surface area contributed by atoms with Gasteiger partial charge in [-0.3, -0.25) is 9.59 Å². The zero-order chi connectivity index (χ0) is 16.4. The second kappa shape index (κ2) is 6.69. The largest absolute Gasteiger partial charge is 0.353 e. The Morgan fingerprint density at radius 2 is 2.14 bits per heavy atom. The monoisotopic (exact) mass is 322 g/mol. The van der Waals surface area contributed by atoms with Crippen molar-refractivity contribution in [2.75, 3.05) is 11.4 Å². The van der Waals surface area contributed by atoms with Gasteiger partial charge in [-0.25, -0.2) is 0 Å². The number of nitrogens with one attached hydrogen (secondary N) is 1. The molecule has 5 heteroatoms. The SMILES string of the molecule is CCC(C)NC(=O)C1CC(=O)N(c2c(C)cc(C)cc2Cl)C1. The first-order chi connectivity index (χ1) is 10.3. The van der Waals surface area contributed by atoms with Crippen molar-refractivity contribution in [1.29, 1.82) is 0 Å². The van der Waals surface area contributed by atoms with Crippen molar-refractivity contribution in [2.24, 2.45) is 5.92 Å². The molecule has 1 heterocycles. The van der Waals surface area contributed by atoms with Crippen LogP contribution >= 0.6 is 11.6 Å². The molecule has 2 rings (SSSR count). The number of carbonyl (C=O) groups excluding carboxylic acids is 2. The number of anilines is 1. The predicted molar refractivity (Wildman–Crippen MR) is 89.3 cm³/mol. The summed E-state index contributed by atoms with van der Waals surface area (Å²) in [4.78, 5) is 26.2. The van der Waals surface area contributed by atoms with Crippen LogP contribution in [0.1, 0.15) is 37.8 Å². The van der Waals surface area contributed by atoms with Gasteiger partial charge in [0.25, 0.3) is 0 Å². The lowest BCUT2D eigenvalue weighted by Crippen LogP contribution is -2.38. The topological polar surface area (TPSA) is 49.4 Å². The average Bonchev–Trinajstić information content (AvgIpc) is 2.79. The smallest absolute Gasteiger partial charge is 0.227 e. The average molecular weight is 323 g/mol. The highest BCUT2D eigenvalue weighted by molar-refractivity contribution is 6.34. The fraction of sp³-hybridized carbons (Fsp3) is 0.529. The molecule has 1 aliphatic heterocycles. The number of benzene rings is 1. The number of carbonyl (C=O) groups is 2. The van der Waals surface area contributed by atoms with Crippen LogP contribution in [-0.2, 0) is 9.59 Å². The fourth-order valence-corrected chi connectivity index (χ4v) is 3.24. The lowest BCUT2D eigenvalue weighted by molar-refractivity contribution is -0.126. The maximum atomic E-state index is 12.3. The highest BCUT2D eigenvalue weighted by atomic mass is 35.5. The summed E-state index contributed by atoms with van der Waals surface area (Å²) in [5.41, 5.74) is 2.75. The van der Waals surface area contributed by atoms with Crippen molar-refractivity contribution in [1.82, 2.24) is 5.32 Å². The Kier molecular flexibility index (Phi) is 5.12. The molecule has 0 saturated carbocycles. The number of aryl methyl sites for hydroxylation is 2. The van der Waals surface area contributed by atoms with E-state index in [1.165, 1.54) is 0 Å². The molecule has 0 bridgehead atoms. The molecule has 0 radical (unpaired) electrons. The minimum absolute atomic E-state index is 0.0434. The molecule has 2 unspecified atom stereocenters. The van der Waals surface area contributed by atoms with Crippen molar-refractivity contribution in [3.8, 4) is 0 Å². The van der Waals surface area contributed by atoms with Crippen LogP contribution in [0, 0.1) is 19.8 Å². The second-order valence-corrected chi connectivity index (χ2v) is 6.54. The van der Waals surface area contributed by atoms with Crippen LogP contribution < -0.4 is 10.2 Å². The van der Waals surface area contributed by atoms with Crippen molar-refractivity contribution in [3.63, 3.8) is 0 Å². The van der Waals surface area contributed by atoms with Gasteiger partial charge in [-0.15, -0.1) is 0 Å². The van der Waals surface area contributed by atoms with Crippen LogP contribution in [0.4, 0.5) is 5.69 Å². The molecule has 1 aliphatic rings. The summed E-state index contributed by atoms with van der Waals surface area (Å²) in [5, 5.41) is 3.52. The van der Waals surface area contributed by atoms with Gasteiger partial charge < -0.3 is 10.2 Å². The van der Waals surface area contributed by atoms with Crippen LogP contribution in [0.25, 0.3) is 0 Å². The summed E-state index contributed by atoms with van der Waals surface area (Å²) in [5.74, 6) is -0.400. The molecule has 2 atom stereocenters. The minimum Gasteiger partial charge on any atom is -0.353 e. The highest BCUT2D eigenvalue weighted by Gasteiger charge is 2.36. The predicted octanol–water partition coefficient (Wildman–Crippen LogP) is 3.22.